The molecule has 1 aromatic rings. The lowest BCUT2D eigenvalue weighted by Crippen LogP contribution is -2.59. The first-order valence-corrected chi connectivity index (χ1v) is 7.72. The van der Waals surface area contributed by atoms with Gasteiger partial charge in [0.25, 0.3) is 0 Å². The van der Waals surface area contributed by atoms with Crippen LogP contribution in [-0.4, -0.2) is 6.04 Å². The Balaban J connectivity index is 1.60. The van der Waals surface area contributed by atoms with Crippen molar-refractivity contribution < 1.29 is 0 Å². The van der Waals surface area contributed by atoms with E-state index in [2.05, 4.69) is 43.6 Å². The third-order valence-corrected chi connectivity index (χ3v) is 6.35. The van der Waals surface area contributed by atoms with Crippen LogP contribution in [0.4, 0.5) is 0 Å². The highest BCUT2D eigenvalue weighted by Crippen LogP contribution is 2.61. The van der Waals surface area contributed by atoms with Gasteiger partial charge in [-0.1, -0.05) is 26.8 Å². The van der Waals surface area contributed by atoms with Crippen molar-refractivity contribution in [2.45, 2.75) is 46.2 Å². The molecule has 2 heteroatoms. The average molecular weight is 249 g/mol. The Bertz CT molecular complexity index is 382. The van der Waals surface area contributed by atoms with Gasteiger partial charge in [0.05, 0.1) is 0 Å². The normalized spacial score (nSPS) is 38.8. The van der Waals surface area contributed by atoms with E-state index in [4.69, 9.17) is 0 Å². The molecule has 1 N–H and O–H groups in total. The molecule has 3 saturated carbocycles. The third-order valence-electron chi connectivity index (χ3n) is 5.47. The zero-order valence-corrected chi connectivity index (χ0v) is 11.9. The number of thiophene rings is 1. The molecular formula is C15H23NS. The first kappa shape index (κ1) is 11.7. The summed E-state index contributed by atoms with van der Waals surface area (Å²) < 4.78 is 0. The monoisotopic (exact) mass is 249 g/mol. The molecule has 4 rings (SSSR count). The predicted molar refractivity (Wildman–Crippen MR) is 74.1 cm³/mol. The summed E-state index contributed by atoms with van der Waals surface area (Å²) >= 11 is 1.86. The molecule has 4 atom stereocenters. The van der Waals surface area contributed by atoms with E-state index in [0.29, 0.717) is 5.41 Å². The van der Waals surface area contributed by atoms with Gasteiger partial charge in [0, 0.05) is 17.5 Å². The van der Waals surface area contributed by atoms with Gasteiger partial charge in [-0.15, -0.1) is 11.3 Å². The molecule has 3 aliphatic carbocycles. The van der Waals surface area contributed by atoms with Crippen molar-refractivity contribution in [1.29, 1.82) is 0 Å². The summed E-state index contributed by atoms with van der Waals surface area (Å²) in [5, 5.41) is 5.95. The minimum Gasteiger partial charge on any atom is -0.309 e. The molecular weight excluding hydrogens is 226 g/mol. The van der Waals surface area contributed by atoms with Crippen molar-refractivity contribution in [2.24, 2.45) is 23.2 Å². The summed E-state index contributed by atoms with van der Waals surface area (Å²) in [7, 11) is 0. The number of rotatable bonds is 3. The summed E-state index contributed by atoms with van der Waals surface area (Å²) in [5.74, 6) is 2.75. The zero-order valence-electron chi connectivity index (χ0n) is 11.1. The van der Waals surface area contributed by atoms with Crippen LogP contribution in [0, 0.1) is 23.2 Å². The van der Waals surface area contributed by atoms with Gasteiger partial charge in [0.1, 0.15) is 0 Å². The number of fused-ring (bicyclic) bond motifs is 2. The number of hydrogen-bond donors (Lipinski definition) is 1. The van der Waals surface area contributed by atoms with Crippen LogP contribution in [0.25, 0.3) is 0 Å². The Morgan fingerprint density at radius 3 is 2.82 bits per heavy atom. The second kappa shape index (κ2) is 4.10. The van der Waals surface area contributed by atoms with Crippen LogP contribution < -0.4 is 5.32 Å². The molecule has 4 unspecified atom stereocenters. The summed E-state index contributed by atoms with van der Waals surface area (Å²) in [6, 6.07) is 5.12. The largest absolute Gasteiger partial charge is 0.309 e. The summed E-state index contributed by atoms with van der Waals surface area (Å²) in [5.41, 5.74) is 0.612. The first-order valence-electron chi connectivity index (χ1n) is 6.85. The molecule has 0 amide bonds. The van der Waals surface area contributed by atoms with Crippen LogP contribution in [0.15, 0.2) is 17.5 Å². The Morgan fingerprint density at radius 1 is 1.41 bits per heavy atom. The fourth-order valence-electron chi connectivity index (χ4n) is 4.06. The molecule has 94 valence electrons. The lowest BCUT2D eigenvalue weighted by atomic mass is 9.45. The smallest absolute Gasteiger partial charge is 0.0302 e. The summed E-state index contributed by atoms with van der Waals surface area (Å²) in [4.78, 5) is 1.47. The second-order valence-corrected chi connectivity index (χ2v) is 7.55. The van der Waals surface area contributed by atoms with Gasteiger partial charge in [-0.05, 0) is 47.5 Å². The van der Waals surface area contributed by atoms with E-state index in [1.807, 2.05) is 11.3 Å². The fourth-order valence-corrected chi connectivity index (χ4v) is 4.72. The van der Waals surface area contributed by atoms with Crippen LogP contribution in [0.3, 0.4) is 0 Å². The molecule has 0 spiro atoms. The standard InChI is InChI=1S/C15H23NS/c1-10-13-7-11(15(13,2)3)8-14(10)16-9-12-5-4-6-17-12/h4-6,10-11,13-14,16H,7-9H2,1-3H3. The van der Waals surface area contributed by atoms with E-state index in [1.165, 1.54) is 17.7 Å². The quantitative estimate of drug-likeness (QED) is 0.856. The molecule has 1 nitrogen and oxygen atoms in total. The number of hydrogen-bond acceptors (Lipinski definition) is 2. The van der Waals surface area contributed by atoms with E-state index in [0.717, 1.165) is 30.3 Å². The highest BCUT2D eigenvalue weighted by molar-refractivity contribution is 7.09. The molecule has 1 heterocycles. The maximum Gasteiger partial charge on any atom is 0.0302 e. The zero-order chi connectivity index (χ0) is 12.0. The van der Waals surface area contributed by atoms with Crippen molar-refractivity contribution >= 4 is 11.3 Å². The highest BCUT2D eigenvalue weighted by atomic mass is 32.1. The molecule has 1 aromatic heterocycles. The molecule has 3 fully saturated rings. The van der Waals surface area contributed by atoms with Gasteiger partial charge < -0.3 is 5.32 Å². The van der Waals surface area contributed by atoms with Crippen molar-refractivity contribution in [3.63, 3.8) is 0 Å². The van der Waals surface area contributed by atoms with E-state index >= 15 is 0 Å². The minimum absolute atomic E-state index is 0.612. The molecule has 0 saturated heterocycles. The molecule has 2 bridgehead atoms. The SMILES string of the molecule is CC1C(NCc2cccs2)CC2CC1C2(C)C. The van der Waals surface area contributed by atoms with Gasteiger partial charge in [-0.25, -0.2) is 0 Å². The fraction of sp³-hybridized carbons (Fsp3) is 0.733. The molecule has 0 radical (unpaired) electrons. The highest BCUT2D eigenvalue weighted by Gasteiger charge is 2.55. The average Bonchev–Trinajstić information content (AvgIpc) is 2.79. The first-order chi connectivity index (χ1) is 8.09. The van der Waals surface area contributed by atoms with E-state index in [-0.39, 0.29) is 0 Å². The maximum atomic E-state index is 3.78. The Kier molecular flexibility index (Phi) is 2.83. The van der Waals surface area contributed by atoms with Crippen molar-refractivity contribution in [1.82, 2.24) is 5.32 Å². The maximum absolute atomic E-state index is 3.78. The van der Waals surface area contributed by atoms with Crippen molar-refractivity contribution in [3.05, 3.63) is 22.4 Å². The Labute approximate surface area is 109 Å². The topological polar surface area (TPSA) is 12.0 Å². The Hall–Kier alpha value is -0.340. The van der Waals surface area contributed by atoms with E-state index in [1.54, 1.807) is 0 Å². The van der Waals surface area contributed by atoms with Gasteiger partial charge in [0.15, 0.2) is 0 Å². The third kappa shape index (κ3) is 1.86. The van der Waals surface area contributed by atoms with Gasteiger partial charge >= 0.3 is 0 Å². The van der Waals surface area contributed by atoms with Crippen LogP contribution in [0.1, 0.15) is 38.5 Å². The summed E-state index contributed by atoms with van der Waals surface area (Å²) in [6.45, 7) is 8.45. The van der Waals surface area contributed by atoms with Crippen LogP contribution in [0.2, 0.25) is 0 Å². The lowest BCUT2D eigenvalue weighted by molar-refractivity contribution is -0.115. The predicted octanol–water partition coefficient (Wildman–Crippen LogP) is 3.91. The second-order valence-electron chi connectivity index (χ2n) is 6.52. The minimum atomic E-state index is 0.612. The van der Waals surface area contributed by atoms with Crippen LogP contribution in [-0.2, 0) is 6.54 Å². The lowest BCUT2D eigenvalue weighted by Gasteiger charge is -2.62. The Morgan fingerprint density at radius 2 is 2.24 bits per heavy atom. The molecule has 0 aromatic carbocycles. The molecule has 0 aliphatic heterocycles. The van der Waals surface area contributed by atoms with Gasteiger partial charge in [-0.2, -0.15) is 0 Å². The van der Waals surface area contributed by atoms with Crippen molar-refractivity contribution in [2.75, 3.05) is 0 Å². The van der Waals surface area contributed by atoms with Crippen LogP contribution >= 0.6 is 11.3 Å². The van der Waals surface area contributed by atoms with E-state index < -0.39 is 0 Å². The number of nitrogens with one attached hydrogen (secondary N) is 1. The molecule has 3 aliphatic rings. The van der Waals surface area contributed by atoms with Crippen molar-refractivity contribution in [3.8, 4) is 0 Å². The van der Waals surface area contributed by atoms with Gasteiger partial charge in [0.2, 0.25) is 0 Å². The van der Waals surface area contributed by atoms with Gasteiger partial charge in [-0.3, -0.25) is 0 Å². The summed E-state index contributed by atoms with van der Waals surface area (Å²) in [6.07, 6.45) is 2.86. The molecule has 17 heavy (non-hydrogen) atoms. The van der Waals surface area contributed by atoms with Crippen LogP contribution in [0.5, 0.6) is 0 Å². The van der Waals surface area contributed by atoms with E-state index in [9.17, 15) is 0 Å².